The van der Waals surface area contributed by atoms with Crippen molar-refractivity contribution in [2.75, 3.05) is 19.7 Å². The van der Waals surface area contributed by atoms with Crippen LogP contribution >= 0.6 is 0 Å². The second-order valence-corrected chi connectivity index (χ2v) is 8.12. The number of aliphatic hydroxyl groups is 1. The summed E-state index contributed by atoms with van der Waals surface area (Å²) in [6, 6.07) is 6.31. The minimum Gasteiger partial charge on any atom is -0.490 e. The molecule has 0 saturated carbocycles. The number of ether oxygens (including phenoxy) is 2. The van der Waals surface area contributed by atoms with Gasteiger partial charge in [-0.25, -0.2) is 9.37 Å². The molecule has 28 heavy (non-hydrogen) atoms. The zero-order chi connectivity index (χ0) is 20.1. The maximum atomic E-state index is 13.8. The summed E-state index contributed by atoms with van der Waals surface area (Å²) in [6.45, 7) is 8.10. The molecule has 1 saturated heterocycles. The third kappa shape index (κ3) is 5.62. The number of rotatable bonds is 6. The molecule has 1 aliphatic heterocycles. The zero-order valence-corrected chi connectivity index (χ0v) is 16.6. The number of aromatic nitrogens is 2. The summed E-state index contributed by atoms with van der Waals surface area (Å²) in [7, 11) is 0. The molecule has 2 atom stereocenters. The number of benzene rings is 1. The topological polar surface area (TPSA) is 67.7 Å². The van der Waals surface area contributed by atoms with Crippen molar-refractivity contribution in [2.45, 2.75) is 45.4 Å². The lowest BCUT2D eigenvalue weighted by molar-refractivity contribution is 0.00133. The van der Waals surface area contributed by atoms with Gasteiger partial charge < -0.3 is 14.6 Å². The van der Waals surface area contributed by atoms with Gasteiger partial charge in [-0.05, 0) is 39.3 Å². The molecular formula is C21H28FN3O3. The summed E-state index contributed by atoms with van der Waals surface area (Å²) in [6.07, 6.45) is 3.43. The normalized spacial score (nSPS) is 20.8. The number of nitrogens with zero attached hydrogens (tertiary/aromatic N) is 3. The van der Waals surface area contributed by atoms with E-state index in [-0.39, 0.29) is 23.9 Å². The minimum atomic E-state index is -0.477. The van der Waals surface area contributed by atoms with E-state index >= 15 is 0 Å². The molecule has 1 aliphatic rings. The maximum Gasteiger partial charge on any atom is 0.237 e. The lowest BCUT2D eigenvalue weighted by Crippen LogP contribution is -2.45. The molecule has 0 bridgehead atoms. The Morgan fingerprint density at radius 1 is 1.21 bits per heavy atom. The summed E-state index contributed by atoms with van der Waals surface area (Å²) in [5.74, 6) is 0.229. The number of para-hydroxylation sites is 1. The summed E-state index contributed by atoms with van der Waals surface area (Å²) >= 11 is 0. The number of piperidine rings is 1. The lowest BCUT2D eigenvalue weighted by Gasteiger charge is -2.36. The van der Waals surface area contributed by atoms with Crippen molar-refractivity contribution in [3.63, 3.8) is 0 Å². The number of hydrogen-bond acceptors (Lipinski definition) is 6. The van der Waals surface area contributed by atoms with Crippen molar-refractivity contribution in [3.05, 3.63) is 48.2 Å². The molecule has 6 nitrogen and oxygen atoms in total. The first-order valence-electron chi connectivity index (χ1n) is 9.58. The van der Waals surface area contributed by atoms with Crippen molar-refractivity contribution in [1.82, 2.24) is 14.9 Å². The van der Waals surface area contributed by atoms with Gasteiger partial charge in [-0.3, -0.25) is 9.88 Å². The molecule has 3 rings (SSSR count). The van der Waals surface area contributed by atoms with E-state index in [1.807, 2.05) is 20.8 Å². The Labute approximate surface area is 165 Å². The van der Waals surface area contributed by atoms with Gasteiger partial charge in [-0.2, -0.15) is 0 Å². The largest absolute Gasteiger partial charge is 0.490 e. The molecule has 152 valence electrons. The van der Waals surface area contributed by atoms with Crippen molar-refractivity contribution < 1.29 is 19.0 Å². The van der Waals surface area contributed by atoms with Crippen LogP contribution in [0.3, 0.4) is 0 Å². The van der Waals surface area contributed by atoms with Gasteiger partial charge in [0.25, 0.3) is 0 Å². The summed E-state index contributed by atoms with van der Waals surface area (Å²) in [4.78, 5) is 11.0. The van der Waals surface area contributed by atoms with Gasteiger partial charge >= 0.3 is 0 Å². The van der Waals surface area contributed by atoms with Crippen molar-refractivity contribution in [3.8, 4) is 11.6 Å². The molecule has 1 N–H and O–H groups in total. The summed E-state index contributed by atoms with van der Waals surface area (Å²) < 4.78 is 25.3. The number of aliphatic hydroxyl groups excluding tert-OH is 1. The van der Waals surface area contributed by atoms with Crippen LogP contribution in [0.2, 0.25) is 0 Å². The SMILES string of the molecule is CC(C)(C)Oc1nccnc1CN1CC[C@@H](O)[C@H](COc2ccccc2F)C1. The van der Waals surface area contributed by atoms with Gasteiger partial charge in [0.15, 0.2) is 11.6 Å². The first kappa shape index (κ1) is 20.5. The molecule has 1 aromatic carbocycles. The smallest absolute Gasteiger partial charge is 0.237 e. The molecule has 0 spiro atoms. The molecule has 2 aromatic rings. The van der Waals surface area contributed by atoms with Crippen LogP contribution in [0.25, 0.3) is 0 Å². The Kier molecular flexibility index (Phi) is 6.46. The fourth-order valence-corrected chi connectivity index (χ4v) is 3.21. The van der Waals surface area contributed by atoms with Gasteiger partial charge in [-0.1, -0.05) is 12.1 Å². The molecule has 7 heteroatoms. The van der Waals surface area contributed by atoms with E-state index in [0.29, 0.717) is 25.4 Å². The molecule has 1 aromatic heterocycles. The summed E-state index contributed by atoms with van der Waals surface area (Å²) in [5, 5.41) is 10.4. The first-order valence-corrected chi connectivity index (χ1v) is 9.58. The van der Waals surface area contributed by atoms with Gasteiger partial charge in [0.05, 0.1) is 12.7 Å². The van der Waals surface area contributed by atoms with Crippen molar-refractivity contribution in [1.29, 1.82) is 0 Å². The van der Waals surface area contributed by atoms with Crippen molar-refractivity contribution in [2.24, 2.45) is 5.92 Å². The molecule has 0 unspecified atom stereocenters. The second kappa shape index (κ2) is 8.84. The quantitative estimate of drug-likeness (QED) is 0.819. The van der Waals surface area contributed by atoms with Crippen molar-refractivity contribution >= 4 is 0 Å². The van der Waals surface area contributed by atoms with Crippen LogP contribution in [0.1, 0.15) is 32.9 Å². The fraction of sp³-hybridized carbons (Fsp3) is 0.524. The number of halogens is 1. The summed E-state index contributed by atoms with van der Waals surface area (Å²) in [5.41, 5.74) is 0.404. The van der Waals surface area contributed by atoms with E-state index in [9.17, 15) is 9.50 Å². The molecule has 1 fully saturated rings. The molecule has 0 radical (unpaired) electrons. The highest BCUT2D eigenvalue weighted by Gasteiger charge is 2.29. The van der Waals surface area contributed by atoms with Gasteiger partial charge in [-0.15, -0.1) is 0 Å². The Bertz CT molecular complexity index is 781. The highest BCUT2D eigenvalue weighted by Crippen LogP contribution is 2.25. The van der Waals surface area contributed by atoms with E-state index in [0.717, 1.165) is 12.2 Å². The van der Waals surface area contributed by atoms with Crippen LogP contribution in [0.4, 0.5) is 4.39 Å². The van der Waals surface area contributed by atoms with Gasteiger partial charge in [0.2, 0.25) is 5.88 Å². The highest BCUT2D eigenvalue weighted by molar-refractivity contribution is 5.23. The molecule has 0 aliphatic carbocycles. The Morgan fingerprint density at radius 2 is 1.96 bits per heavy atom. The van der Waals surface area contributed by atoms with E-state index in [1.165, 1.54) is 6.07 Å². The second-order valence-electron chi connectivity index (χ2n) is 8.12. The maximum absolute atomic E-state index is 13.8. The monoisotopic (exact) mass is 389 g/mol. The minimum absolute atomic E-state index is 0.114. The van der Waals surface area contributed by atoms with Gasteiger partial charge in [0, 0.05) is 37.9 Å². The van der Waals surface area contributed by atoms with Crippen LogP contribution in [-0.2, 0) is 6.54 Å². The number of hydrogen-bond donors (Lipinski definition) is 1. The van der Waals surface area contributed by atoms with Crippen LogP contribution in [0.5, 0.6) is 11.6 Å². The third-order valence-corrected chi connectivity index (χ3v) is 4.58. The predicted octanol–water partition coefficient (Wildman–Crippen LogP) is 3.05. The average molecular weight is 389 g/mol. The highest BCUT2D eigenvalue weighted by atomic mass is 19.1. The van der Waals surface area contributed by atoms with Crippen LogP contribution in [-0.4, -0.2) is 51.4 Å². The van der Waals surface area contributed by atoms with Gasteiger partial charge in [0.1, 0.15) is 11.3 Å². The Hall–Kier alpha value is -2.25. The average Bonchev–Trinajstić information content (AvgIpc) is 2.64. The van der Waals surface area contributed by atoms with Crippen LogP contribution in [0.15, 0.2) is 36.7 Å². The lowest BCUT2D eigenvalue weighted by atomic mass is 9.95. The Morgan fingerprint density at radius 3 is 2.71 bits per heavy atom. The molecular weight excluding hydrogens is 361 g/mol. The third-order valence-electron chi connectivity index (χ3n) is 4.58. The van der Waals surface area contributed by atoms with E-state index < -0.39 is 11.9 Å². The van der Waals surface area contributed by atoms with Crippen LogP contribution in [0, 0.1) is 11.7 Å². The fourth-order valence-electron chi connectivity index (χ4n) is 3.21. The van der Waals surface area contributed by atoms with Crippen LogP contribution < -0.4 is 9.47 Å². The zero-order valence-electron chi connectivity index (χ0n) is 16.6. The first-order chi connectivity index (χ1) is 13.3. The van der Waals surface area contributed by atoms with E-state index in [2.05, 4.69) is 14.9 Å². The Balaban J connectivity index is 1.62. The predicted molar refractivity (Wildman–Crippen MR) is 104 cm³/mol. The van der Waals surface area contributed by atoms with E-state index in [4.69, 9.17) is 9.47 Å². The molecule has 2 heterocycles. The molecule has 0 amide bonds. The standard InChI is InChI=1S/C21H28FN3O3/c1-21(2,3)28-20-17(23-9-10-24-20)13-25-11-8-18(26)15(12-25)14-27-19-7-5-4-6-16(19)22/h4-7,9-10,15,18,26H,8,11-14H2,1-3H3/t15-,18+/m0/s1. The number of likely N-dealkylation sites (tertiary alicyclic amines) is 1. The van der Waals surface area contributed by atoms with E-state index in [1.54, 1.807) is 30.6 Å².